The lowest BCUT2D eigenvalue weighted by molar-refractivity contribution is 0.0607. The minimum absolute atomic E-state index is 0.0351. The molecule has 0 saturated carbocycles. The molecule has 1 heterocycles. The third-order valence-corrected chi connectivity index (χ3v) is 3.75. The topological polar surface area (TPSA) is 57.2 Å². The van der Waals surface area contributed by atoms with Gasteiger partial charge >= 0.3 is 5.97 Å². The van der Waals surface area contributed by atoms with Crippen molar-refractivity contribution in [2.75, 3.05) is 12.8 Å². The van der Waals surface area contributed by atoms with Gasteiger partial charge < -0.3 is 10.5 Å². The van der Waals surface area contributed by atoms with Gasteiger partial charge in [0.25, 0.3) is 0 Å². The molecule has 0 aliphatic heterocycles. The van der Waals surface area contributed by atoms with Gasteiger partial charge in [-0.3, -0.25) is 4.57 Å². The van der Waals surface area contributed by atoms with Crippen molar-refractivity contribution in [2.45, 2.75) is 0 Å². The van der Waals surface area contributed by atoms with E-state index in [2.05, 4.69) is 4.74 Å². The SMILES string of the molecule is COC(=O)c1sc(=S)n(-c2ccc(F)c(F)c2)c1N. The van der Waals surface area contributed by atoms with Crippen LogP contribution in [0.3, 0.4) is 0 Å². The van der Waals surface area contributed by atoms with Crippen LogP contribution in [0.5, 0.6) is 0 Å². The number of nitrogens with zero attached hydrogens (tertiary/aromatic N) is 1. The Bertz CT molecular complexity index is 709. The Kier molecular flexibility index (Phi) is 3.63. The first-order valence-electron chi connectivity index (χ1n) is 5.00. The molecule has 0 fully saturated rings. The molecule has 0 amide bonds. The molecule has 2 aromatic rings. The van der Waals surface area contributed by atoms with E-state index in [4.69, 9.17) is 18.0 Å². The average molecular weight is 302 g/mol. The van der Waals surface area contributed by atoms with Crippen molar-refractivity contribution in [1.82, 2.24) is 4.57 Å². The number of hydrogen-bond acceptors (Lipinski definition) is 5. The molecule has 0 unspecified atom stereocenters. The zero-order valence-corrected chi connectivity index (χ0v) is 11.3. The molecule has 19 heavy (non-hydrogen) atoms. The first-order valence-corrected chi connectivity index (χ1v) is 6.23. The van der Waals surface area contributed by atoms with Gasteiger partial charge in [0, 0.05) is 6.07 Å². The largest absolute Gasteiger partial charge is 0.465 e. The van der Waals surface area contributed by atoms with Crippen molar-refractivity contribution in [1.29, 1.82) is 0 Å². The summed E-state index contributed by atoms with van der Waals surface area (Å²) in [6.07, 6.45) is 0. The second-order valence-corrected chi connectivity index (χ2v) is 5.15. The number of thiazole rings is 1. The summed E-state index contributed by atoms with van der Waals surface area (Å²) in [7, 11) is 1.21. The maximum Gasteiger partial charge on any atom is 0.351 e. The van der Waals surface area contributed by atoms with Gasteiger partial charge in [-0.1, -0.05) is 11.3 Å². The van der Waals surface area contributed by atoms with E-state index < -0.39 is 17.6 Å². The molecular formula is C11H8F2N2O2S2. The van der Waals surface area contributed by atoms with Crippen molar-refractivity contribution in [2.24, 2.45) is 0 Å². The highest BCUT2D eigenvalue weighted by molar-refractivity contribution is 7.73. The molecule has 1 aromatic heterocycles. The summed E-state index contributed by atoms with van der Waals surface area (Å²) in [6.45, 7) is 0. The van der Waals surface area contributed by atoms with Crippen LogP contribution < -0.4 is 5.73 Å². The van der Waals surface area contributed by atoms with Crippen LogP contribution in [0.2, 0.25) is 0 Å². The molecule has 2 N–H and O–H groups in total. The Morgan fingerprint density at radius 3 is 2.68 bits per heavy atom. The average Bonchev–Trinajstić information content (AvgIpc) is 2.68. The smallest absolute Gasteiger partial charge is 0.351 e. The fourth-order valence-electron chi connectivity index (χ4n) is 1.49. The Morgan fingerprint density at radius 2 is 2.11 bits per heavy atom. The number of halogens is 2. The van der Waals surface area contributed by atoms with Gasteiger partial charge in [-0.25, -0.2) is 13.6 Å². The number of ether oxygens (including phenoxy) is 1. The van der Waals surface area contributed by atoms with Crippen molar-refractivity contribution < 1.29 is 18.3 Å². The van der Waals surface area contributed by atoms with Crippen LogP contribution in [0.4, 0.5) is 14.6 Å². The molecule has 100 valence electrons. The number of hydrogen-bond donors (Lipinski definition) is 1. The van der Waals surface area contributed by atoms with Crippen LogP contribution in [-0.4, -0.2) is 17.6 Å². The highest BCUT2D eigenvalue weighted by Gasteiger charge is 2.19. The van der Waals surface area contributed by atoms with Gasteiger partial charge in [0.2, 0.25) is 0 Å². The van der Waals surface area contributed by atoms with E-state index in [1.54, 1.807) is 0 Å². The van der Waals surface area contributed by atoms with Gasteiger partial charge in [-0.2, -0.15) is 0 Å². The highest BCUT2D eigenvalue weighted by atomic mass is 32.1. The predicted molar refractivity (Wildman–Crippen MR) is 70.1 cm³/mol. The van der Waals surface area contributed by atoms with Gasteiger partial charge in [0.05, 0.1) is 12.8 Å². The summed E-state index contributed by atoms with van der Waals surface area (Å²) >= 11 is 6.00. The maximum atomic E-state index is 13.2. The third-order valence-electron chi connectivity index (χ3n) is 2.38. The standard InChI is InChI=1S/C11H8F2N2O2S2/c1-17-10(16)8-9(14)15(11(18)19-8)5-2-3-6(12)7(13)4-5/h2-4H,14H2,1H3. The summed E-state index contributed by atoms with van der Waals surface area (Å²) in [5.74, 6) is -2.59. The van der Waals surface area contributed by atoms with Crippen LogP contribution in [0.15, 0.2) is 18.2 Å². The molecule has 8 heteroatoms. The molecule has 2 rings (SSSR count). The van der Waals surface area contributed by atoms with Crippen LogP contribution in [0.1, 0.15) is 9.67 Å². The summed E-state index contributed by atoms with van der Waals surface area (Å²) in [5, 5.41) is 0. The van der Waals surface area contributed by atoms with Crippen molar-refractivity contribution >= 4 is 35.3 Å². The molecule has 4 nitrogen and oxygen atoms in total. The molecular weight excluding hydrogens is 294 g/mol. The Labute approximate surface area is 116 Å². The van der Waals surface area contributed by atoms with E-state index in [1.807, 2.05) is 0 Å². The quantitative estimate of drug-likeness (QED) is 0.684. The monoisotopic (exact) mass is 302 g/mol. The normalized spacial score (nSPS) is 10.5. The molecule has 0 spiro atoms. The van der Waals surface area contributed by atoms with Crippen molar-refractivity contribution in [3.8, 4) is 5.69 Å². The van der Waals surface area contributed by atoms with Gasteiger partial charge in [0.15, 0.2) is 20.5 Å². The number of nitrogens with two attached hydrogens (primary N) is 1. The lowest BCUT2D eigenvalue weighted by Gasteiger charge is -2.06. The number of aromatic nitrogens is 1. The molecule has 0 bridgehead atoms. The van der Waals surface area contributed by atoms with Gasteiger partial charge in [-0.05, 0) is 24.4 Å². The maximum absolute atomic E-state index is 13.2. The first kappa shape index (κ1) is 13.6. The number of benzene rings is 1. The summed E-state index contributed by atoms with van der Waals surface area (Å²) in [5.41, 5.74) is 6.03. The van der Waals surface area contributed by atoms with E-state index in [0.717, 1.165) is 23.5 Å². The second kappa shape index (κ2) is 5.06. The minimum Gasteiger partial charge on any atom is -0.465 e. The number of anilines is 1. The van der Waals surface area contributed by atoms with Crippen molar-refractivity contribution in [3.63, 3.8) is 0 Å². The van der Waals surface area contributed by atoms with Crippen LogP contribution in [0, 0.1) is 15.6 Å². The van der Waals surface area contributed by atoms with E-state index in [-0.39, 0.29) is 20.3 Å². The molecule has 0 saturated heterocycles. The number of carbonyl (C=O) groups excluding carboxylic acids is 1. The fourth-order valence-corrected chi connectivity index (χ4v) is 2.78. The zero-order valence-electron chi connectivity index (χ0n) is 9.65. The second-order valence-electron chi connectivity index (χ2n) is 3.51. The number of carbonyl (C=O) groups is 1. The van der Waals surface area contributed by atoms with Gasteiger partial charge in [0.1, 0.15) is 5.82 Å². The van der Waals surface area contributed by atoms with Crippen LogP contribution >= 0.6 is 23.6 Å². The Balaban J connectivity index is 2.63. The molecule has 0 aliphatic carbocycles. The number of nitrogen functional groups attached to an aromatic ring is 1. The third kappa shape index (κ3) is 2.36. The van der Waals surface area contributed by atoms with Gasteiger partial charge in [-0.15, -0.1) is 0 Å². The summed E-state index contributed by atoms with van der Waals surface area (Å²) in [4.78, 5) is 11.6. The lowest BCUT2D eigenvalue weighted by atomic mass is 10.3. The minimum atomic E-state index is -1.02. The van der Waals surface area contributed by atoms with E-state index >= 15 is 0 Å². The Hall–Kier alpha value is -1.80. The van der Waals surface area contributed by atoms with Crippen LogP contribution in [-0.2, 0) is 4.74 Å². The lowest BCUT2D eigenvalue weighted by Crippen LogP contribution is -2.07. The molecule has 1 aromatic carbocycles. The summed E-state index contributed by atoms with van der Waals surface area (Å²) < 4.78 is 32.2. The van der Waals surface area contributed by atoms with Crippen molar-refractivity contribution in [3.05, 3.63) is 38.7 Å². The number of esters is 1. The van der Waals surface area contributed by atoms with Crippen LogP contribution in [0.25, 0.3) is 5.69 Å². The zero-order chi connectivity index (χ0) is 14.2. The predicted octanol–water partition coefficient (Wildman–Crippen LogP) is 2.92. The molecule has 0 radical (unpaired) electrons. The van der Waals surface area contributed by atoms with E-state index in [9.17, 15) is 13.6 Å². The van der Waals surface area contributed by atoms with E-state index in [1.165, 1.54) is 17.7 Å². The Morgan fingerprint density at radius 1 is 1.42 bits per heavy atom. The number of rotatable bonds is 2. The molecule has 0 atom stereocenters. The van der Waals surface area contributed by atoms with E-state index in [0.29, 0.717) is 0 Å². The summed E-state index contributed by atoms with van der Waals surface area (Å²) in [6, 6.07) is 3.23. The highest BCUT2D eigenvalue weighted by Crippen LogP contribution is 2.27. The number of methoxy groups -OCH3 is 1. The fraction of sp³-hybridized carbons (Fsp3) is 0.0909. The first-order chi connectivity index (χ1) is 8.95. The molecule has 0 aliphatic rings.